The molecule has 0 amide bonds. The lowest BCUT2D eigenvalue weighted by molar-refractivity contribution is -0.137. The number of ether oxygens (including phenoxy) is 1. The maximum atomic E-state index is 12.6. The van der Waals surface area contributed by atoms with Crippen LogP contribution in [0, 0.1) is 0 Å². The minimum absolute atomic E-state index is 0.108. The maximum absolute atomic E-state index is 12.6. The van der Waals surface area contributed by atoms with Crippen molar-refractivity contribution in [2.24, 2.45) is 0 Å². The fourth-order valence-corrected chi connectivity index (χ4v) is 3.84. The van der Waals surface area contributed by atoms with Crippen molar-refractivity contribution in [1.29, 1.82) is 0 Å². The summed E-state index contributed by atoms with van der Waals surface area (Å²) < 4.78 is 33.2. The van der Waals surface area contributed by atoms with E-state index in [1.54, 1.807) is 12.1 Å². The zero-order valence-corrected chi connectivity index (χ0v) is 15.4. The summed E-state index contributed by atoms with van der Waals surface area (Å²) >= 11 is 0. The van der Waals surface area contributed by atoms with Crippen LogP contribution in [0.2, 0.25) is 0 Å². The summed E-state index contributed by atoms with van der Waals surface area (Å²) in [7, 11) is -3.76. The van der Waals surface area contributed by atoms with E-state index in [4.69, 9.17) is 9.84 Å². The van der Waals surface area contributed by atoms with E-state index in [2.05, 4.69) is 4.72 Å². The number of sulfonamides is 1. The monoisotopic (exact) mass is 377 g/mol. The first-order valence-electron chi connectivity index (χ1n) is 8.41. The average molecular weight is 377 g/mol. The van der Waals surface area contributed by atoms with Crippen molar-refractivity contribution in [1.82, 2.24) is 4.72 Å². The standard InChI is InChI=1S/C19H23NO5S/c1-2-25-17-9-11-18(12-10-17)26(23,24)20-16(8-13-19(21)22)14-15-6-4-3-5-7-15/h3-7,9-12,16,20H,2,8,13-14H2,1H3,(H,21,22). The predicted molar refractivity (Wildman–Crippen MR) is 98.7 cm³/mol. The molecule has 0 radical (unpaired) electrons. The number of aliphatic carboxylic acids is 1. The topological polar surface area (TPSA) is 92.7 Å². The van der Waals surface area contributed by atoms with Gasteiger partial charge in [-0.1, -0.05) is 30.3 Å². The summed E-state index contributed by atoms with van der Waals surface area (Å²) in [6, 6.07) is 15.0. The summed E-state index contributed by atoms with van der Waals surface area (Å²) in [6.45, 7) is 2.35. The van der Waals surface area contributed by atoms with Gasteiger partial charge < -0.3 is 9.84 Å². The number of benzene rings is 2. The Labute approximate surface area is 153 Å². The van der Waals surface area contributed by atoms with Crippen LogP contribution in [0.3, 0.4) is 0 Å². The second-order valence-corrected chi connectivity index (χ2v) is 7.56. The zero-order chi connectivity index (χ0) is 19.0. The molecule has 26 heavy (non-hydrogen) atoms. The quantitative estimate of drug-likeness (QED) is 0.664. The third-order valence-electron chi connectivity index (χ3n) is 3.80. The van der Waals surface area contributed by atoms with E-state index in [0.717, 1.165) is 5.56 Å². The summed E-state index contributed by atoms with van der Waals surface area (Å²) in [4.78, 5) is 11.0. The van der Waals surface area contributed by atoms with E-state index in [9.17, 15) is 13.2 Å². The van der Waals surface area contributed by atoms with E-state index < -0.39 is 22.0 Å². The van der Waals surface area contributed by atoms with Crippen LogP contribution in [0.5, 0.6) is 5.75 Å². The molecule has 140 valence electrons. The molecule has 1 atom stereocenters. The van der Waals surface area contributed by atoms with Gasteiger partial charge in [0.25, 0.3) is 0 Å². The van der Waals surface area contributed by atoms with Gasteiger partial charge in [0.15, 0.2) is 0 Å². The van der Waals surface area contributed by atoms with Crippen LogP contribution in [0.1, 0.15) is 25.3 Å². The molecular weight excluding hydrogens is 354 g/mol. The Hall–Kier alpha value is -2.38. The zero-order valence-electron chi connectivity index (χ0n) is 14.6. The van der Waals surface area contributed by atoms with Crippen molar-refractivity contribution < 1.29 is 23.1 Å². The van der Waals surface area contributed by atoms with Crippen molar-refractivity contribution in [3.05, 3.63) is 60.2 Å². The minimum atomic E-state index is -3.76. The molecule has 0 heterocycles. The molecule has 0 saturated heterocycles. The Morgan fingerprint density at radius 2 is 1.77 bits per heavy atom. The number of hydrogen-bond acceptors (Lipinski definition) is 4. The lowest BCUT2D eigenvalue weighted by Gasteiger charge is -2.18. The van der Waals surface area contributed by atoms with E-state index >= 15 is 0 Å². The molecule has 0 aliphatic carbocycles. The van der Waals surface area contributed by atoms with Crippen LogP contribution < -0.4 is 9.46 Å². The first kappa shape index (κ1) is 19.9. The van der Waals surface area contributed by atoms with Crippen molar-refractivity contribution in [2.75, 3.05) is 6.61 Å². The van der Waals surface area contributed by atoms with Gasteiger partial charge >= 0.3 is 5.97 Å². The Morgan fingerprint density at radius 1 is 1.12 bits per heavy atom. The number of hydrogen-bond donors (Lipinski definition) is 2. The van der Waals surface area contributed by atoms with E-state index in [-0.39, 0.29) is 17.7 Å². The molecule has 0 bridgehead atoms. The van der Waals surface area contributed by atoms with Crippen LogP contribution in [-0.2, 0) is 21.2 Å². The Morgan fingerprint density at radius 3 is 2.35 bits per heavy atom. The lowest BCUT2D eigenvalue weighted by Crippen LogP contribution is -2.36. The van der Waals surface area contributed by atoms with Gasteiger partial charge in [0.05, 0.1) is 11.5 Å². The van der Waals surface area contributed by atoms with Crippen molar-refractivity contribution in [3.8, 4) is 5.75 Å². The molecule has 0 spiro atoms. The average Bonchev–Trinajstić information content (AvgIpc) is 2.61. The third-order valence-corrected chi connectivity index (χ3v) is 5.33. The lowest BCUT2D eigenvalue weighted by atomic mass is 10.0. The molecule has 1 unspecified atom stereocenters. The number of nitrogens with one attached hydrogen (secondary N) is 1. The second kappa shape index (κ2) is 9.35. The molecule has 0 aliphatic rings. The SMILES string of the molecule is CCOc1ccc(S(=O)(=O)NC(CCC(=O)O)Cc2ccccc2)cc1. The molecule has 2 N–H and O–H groups in total. The number of carbonyl (C=O) groups is 1. The fraction of sp³-hybridized carbons (Fsp3) is 0.316. The molecule has 0 aliphatic heterocycles. The number of rotatable bonds is 10. The Bertz CT molecular complexity index is 804. The van der Waals surface area contributed by atoms with E-state index in [0.29, 0.717) is 18.8 Å². The first-order chi connectivity index (χ1) is 12.4. The van der Waals surface area contributed by atoms with Crippen LogP contribution in [0.15, 0.2) is 59.5 Å². The maximum Gasteiger partial charge on any atom is 0.303 e. The fourth-order valence-electron chi connectivity index (χ4n) is 2.57. The highest BCUT2D eigenvalue weighted by atomic mass is 32.2. The highest BCUT2D eigenvalue weighted by molar-refractivity contribution is 7.89. The van der Waals surface area contributed by atoms with Crippen LogP contribution in [-0.4, -0.2) is 32.1 Å². The van der Waals surface area contributed by atoms with Gasteiger partial charge in [0.1, 0.15) is 5.75 Å². The van der Waals surface area contributed by atoms with Gasteiger partial charge in [0.2, 0.25) is 10.0 Å². The highest BCUT2D eigenvalue weighted by Gasteiger charge is 2.21. The smallest absolute Gasteiger partial charge is 0.303 e. The molecule has 0 aromatic heterocycles. The van der Waals surface area contributed by atoms with E-state index in [1.807, 2.05) is 37.3 Å². The Balaban J connectivity index is 2.14. The first-order valence-corrected chi connectivity index (χ1v) is 9.90. The Kier molecular flexibility index (Phi) is 7.17. The molecule has 0 saturated carbocycles. The third kappa shape index (κ3) is 6.16. The number of carboxylic acid groups (broad SMARTS) is 1. The van der Waals surface area contributed by atoms with Gasteiger partial charge in [-0.15, -0.1) is 0 Å². The van der Waals surface area contributed by atoms with Crippen molar-refractivity contribution >= 4 is 16.0 Å². The second-order valence-electron chi connectivity index (χ2n) is 5.84. The largest absolute Gasteiger partial charge is 0.494 e. The summed E-state index contributed by atoms with van der Waals surface area (Å²) in [5.41, 5.74) is 0.942. The summed E-state index contributed by atoms with van der Waals surface area (Å²) in [5, 5.41) is 8.93. The van der Waals surface area contributed by atoms with Gasteiger partial charge in [-0.2, -0.15) is 0 Å². The molecule has 2 aromatic carbocycles. The van der Waals surface area contributed by atoms with Gasteiger partial charge in [-0.25, -0.2) is 13.1 Å². The minimum Gasteiger partial charge on any atom is -0.494 e. The molecule has 2 rings (SSSR count). The van der Waals surface area contributed by atoms with Gasteiger partial charge in [0, 0.05) is 12.5 Å². The molecule has 7 heteroatoms. The van der Waals surface area contributed by atoms with Crippen molar-refractivity contribution in [2.45, 2.75) is 37.1 Å². The normalized spacial score (nSPS) is 12.5. The van der Waals surface area contributed by atoms with E-state index in [1.165, 1.54) is 12.1 Å². The molecule has 6 nitrogen and oxygen atoms in total. The van der Waals surface area contributed by atoms with Crippen molar-refractivity contribution in [3.63, 3.8) is 0 Å². The van der Waals surface area contributed by atoms with Crippen LogP contribution >= 0.6 is 0 Å². The van der Waals surface area contributed by atoms with Gasteiger partial charge in [-0.05, 0) is 49.6 Å². The molecule has 0 fully saturated rings. The van der Waals surface area contributed by atoms with Crippen LogP contribution in [0.25, 0.3) is 0 Å². The molecule has 2 aromatic rings. The van der Waals surface area contributed by atoms with Crippen LogP contribution in [0.4, 0.5) is 0 Å². The highest BCUT2D eigenvalue weighted by Crippen LogP contribution is 2.17. The summed E-state index contributed by atoms with van der Waals surface area (Å²) in [6.07, 6.45) is 0.522. The molecular formula is C19H23NO5S. The van der Waals surface area contributed by atoms with Gasteiger partial charge in [-0.3, -0.25) is 4.79 Å². The number of carboxylic acids is 1. The predicted octanol–water partition coefficient (Wildman–Crippen LogP) is 2.84. The summed E-state index contributed by atoms with van der Waals surface area (Å²) in [5.74, 6) is -0.360.